The van der Waals surface area contributed by atoms with Crippen molar-refractivity contribution in [3.63, 3.8) is 0 Å². The van der Waals surface area contributed by atoms with Gasteiger partial charge in [0.2, 0.25) is 0 Å². The highest BCUT2D eigenvalue weighted by Gasteiger charge is 1.94. The van der Waals surface area contributed by atoms with Crippen LogP contribution in [-0.2, 0) is 0 Å². The summed E-state index contributed by atoms with van der Waals surface area (Å²) in [6, 6.07) is 0. The molecule has 0 amide bonds. The number of nitrogens with zero attached hydrogens (tertiary/aromatic N) is 3. The van der Waals surface area contributed by atoms with Crippen molar-refractivity contribution in [2.45, 2.75) is 20.8 Å². The first-order valence-electron chi connectivity index (χ1n) is 4.87. The van der Waals surface area contributed by atoms with Crippen molar-refractivity contribution >= 4 is 6.08 Å². The molecule has 0 aliphatic rings. The minimum Gasteiger partial charge on any atom is -0.219 e. The first-order chi connectivity index (χ1) is 7.22. The fourth-order valence-corrected chi connectivity index (χ4v) is 1.10. The van der Waals surface area contributed by atoms with Crippen LogP contribution in [0.4, 0.5) is 0 Å². The highest BCUT2D eigenvalue weighted by atomic mass is 15.0. The Hall–Kier alpha value is -1.77. The fraction of sp³-hybridized carbons (Fsp3) is 0.250. The lowest BCUT2D eigenvalue weighted by Crippen LogP contribution is -1.97. The Morgan fingerprint density at radius 2 is 1.40 bits per heavy atom. The van der Waals surface area contributed by atoms with E-state index in [1.807, 2.05) is 57.2 Å². The van der Waals surface area contributed by atoms with E-state index in [0.717, 1.165) is 11.6 Å². The predicted octanol–water partition coefficient (Wildman–Crippen LogP) is 2.63. The van der Waals surface area contributed by atoms with Crippen molar-refractivity contribution in [3.05, 3.63) is 47.9 Å². The Bertz CT molecular complexity index is 383. The van der Waals surface area contributed by atoms with Gasteiger partial charge in [-0.3, -0.25) is 0 Å². The zero-order valence-electron chi connectivity index (χ0n) is 9.31. The minimum absolute atomic E-state index is 0.699. The first-order valence-corrected chi connectivity index (χ1v) is 4.87. The van der Waals surface area contributed by atoms with Crippen LogP contribution in [0.15, 0.2) is 30.4 Å². The summed E-state index contributed by atoms with van der Waals surface area (Å²) in [5, 5.41) is 0. The molecule has 0 saturated heterocycles. The van der Waals surface area contributed by atoms with Crippen LogP contribution in [-0.4, -0.2) is 15.0 Å². The van der Waals surface area contributed by atoms with Crippen LogP contribution < -0.4 is 0 Å². The normalized spacial score (nSPS) is 12.2. The number of aromatic nitrogens is 3. The largest absolute Gasteiger partial charge is 0.219 e. The Balaban J connectivity index is 2.72. The minimum atomic E-state index is 0.699. The lowest BCUT2D eigenvalue weighted by molar-refractivity contribution is 0.907. The van der Waals surface area contributed by atoms with Crippen LogP contribution in [0.3, 0.4) is 0 Å². The molecule has 0 radical (unpaired) electrons. The predicted molar refractivity (Wildman–Crippen MR) is 62.3 cm³/mol. The van der Waals surface area contributed by atoms with Crippen LogP contribution in [0.5, 0.6) is 0 Å². The molecular formula is C12H15N3. The zero-order chi connectivity index (χ0) is 11.1. The molecule has 0 spiro atoms. The zero-order valence-corrected chi connectivity index (χ0v) is 9.31. The quantitative estimate of drug-likeness (QED) is 0.706. The Kier molecular flexibility index (Phi) is 4.41. The van der Waals surface area contributed by atoms with E-state index in [9.17, 15) is 0 Å². The van der Waals surface area contributed by atoms with Crippen molar-refractivity contribution in [3.8, 4) is 0 Å². The van der Waals surface area contributed by atoms with Crippen molar-refractivity contribution in [1.82, 2.24) is 15.0 Å². The van der Waals surface area contributed by atoms with Crippen LogP contribution in [0.25, 0.3) is 6.08 Å². The van der Waals surface area contributed by atoms with E-state index in [4.69, 9.17) is 0 Å². The summed E-state index contributed by atoms with van der Waals surface area (Å²) in [4.78, 5) is 12.5. The number of allylic oxidation sites excluding steroid dienone is 5. The highest BCUT2D eigenvalue weighted by molar-refractivity contribution is 5.42. The third kappa shape index (κ3) is 4.31. The van der Waals surface area contributed by atoms with Crippen LogP contribution in [0.2, 0.25) is 0 Å². The second-order valence-corrected chi connectivity index (χ2v) is 3.06. The van der Waals surface area contributed by atoms with E-state index in [-0.39, 0.29) is 0 Å². The molecule has 0 N–H and O–H groups in total. The molecule has 15 heavy (non-hydrogen) atoms. The van der Waals surface area contributed by atoms with Gasteiger partial charge >= 0.3 is 0 Å². The SMILES string of the molecule is CC=CC=C/C=C/c1nc(C)nc(C)n1. The van der Waals surface area contributed by atoms with Crippen molar-refractivity contribution in [1.29, 1.82) is 0 Å². The second kappa shape index (κ2) is 5.86. The molecular weight excluding hydrogens is 186 g/mol. The van der Waals surface area contributed by atoms with Crippen molar-refractivity contribution in [2.75, 3.05) is 0 Å². The van der Waals surface area contributed by atoms with Gasteiger partial charge in [-0.25, -0.2) is 15.0 Å². The third-order valence-electron chi connectivity index (χ3n) is 1.65. The van der Waals surface area contributed by atoms with Crippen LogP contribution >= 0.6 is 0 Å². The van der Waals surface area contributed by atoms with E-state index < -0.39 is 0 Å². The molecule has 0 atom stereocenters. The molecule has 0 unspecified atom stereocenters. The average Bonchev–Trinajstić information content (AvgIpc) is 2.16. The van der Waals surface area contributed by atoms with Crippen molar-refractivity contribution < 1.29 is 0 Å². The summed E-state index contributed by atoms with van der Waals surface area (Å²) in [5.74, 6) is 2.20. The van der Waals surface area contributed by atoms with Crippen molar-refractivity contribution in [2.24, 2.45) is 0 Å². The van der Waals surface area contributed by atoms with Gasteiger partial charge in [0.1, 0.15) is 11.6 Å². The standard InChI is InChI=1S/C12H15N3/c1-4-5-6-7-8-9-12-14-10(2)13-11(3)15-12/h4-9H,1-3H3/b5-4?,7-6?,9-8+. The molecule has 3 heteroatoms. The third-order valence-corrected chi connectivity index (χ3v) is 1.65. The molecule has 0 bridgehead atoms. The Morgan fingerprint density at radius 3 is 2.00 bits per heavy atom. The van der Waals surface area contributed by atoms with Gasteiger partial charge in [0, 0.05) is 0 Å². The van der Waals surface area contributed by atoms with Gasteiger partial charge < -0.3 is 0 Å². The smallest absolute Gasteiger partial charge is 0.156 e. The highest BCUT2D eigenvalue weighted by Crippen LogP contribution is 1.97. The molecule has 0 aliphatic carbocycles. The number of aryl methyl sites for hydroxylation is 2. The average molecular weight is 201 g/mol. The van der Waals surface area contributed by atoms with Gasteiger partial charge in [0.25, 0.3) is 0 Å². The molecule has 0 fully saturated rings. The Labute approximate surface area is 90.3 Å². The molecule has 1 rings (SSSR count). The monoisotopic (exact) mass is 201 g/mol. The number of hydrogen-bond donors (Lipinski definition) is 0. The summed E-state index contributed by atoms with van der Waals surface area (Å²) in [6.07, 6.45) is 11.6. The van der Waals surface area contributed by atoms with Gasteiger partial charge in [-0.05, 0) is 26.8 Å². The van der Waals surface area contributed by atoms with Crippen LogP contribution in [0.1, 0.15) is 24.4 Å². The summed E-state index contributed by atoms with van der Waals surface area (Å²) >= 11 is 0. The molecule has 1 aromatic rings. The summed E-state index contributed by atoms with van der Waals surface area (Å²) in [6.45, 7) is 5.70. The molecule has 0 saturated carbocycles. The van der Waals surface area contributed by atoms with Gasteiger partial charge in [-0.2, -0.15) is 0 Å². The summed E-state index contributed by atoms with van der Waals surface area (Å²) < 4.78 is 0. The number of hydrogen-bond acceptors (Lipinski definition) is 3. The maximum atomic E-state index is 4.19. The van der Waals surface area contributed by atoms with E-state index in [1.54, 1.807) is 0 Å². The second-order valence-electron chi connectivity index (χ2n) is 3.06. The molecule has 3 nitrogen and oxygen atoms in total. The van der Waals surface area contributed by atoms with Gasteiger partial charge in [-0.15, -0.1) is 0 Å². The number of rotatable bonds is 3. The Morgan fingerprint density at radius 1 is 0.800 bits per heavy atom. The molecule has 0 aliphatic heterocycles. The lowest BCUT2D eigenvalue weighted by atomic mass is 10.4. The fourth-order valence-electron chi connectivity index (χ4n) is 1.10. The van der Waals surface area contributed by atoms with Gasteiger partial charge in [0.15, 0.2) is 5.82 Å². The summed E-state index contributed by atoms with van der Waals surface area (Å²) in [7, 11) is 0. The van der Waals surface area contributed by atoms with Gasteiger partial charge in [-0.1, -0.05) is 30.4 Å². The molecule has 78 valence electrons. The van der Waals surface area contributed by atoms with Gasteiger partial charge in [0.05, 0.1) is 0 Å². The van der Waals surface area contributed by atoms with E-state index in [2.05, 4.69) is 15.0 Å². The van der Waals surface area contributed by atoms with Crippen LogP contribution in [0, 0.1) is 13.8 Å². The topological polar surface area (TPSA) is 38.7 Å². The maximum Gasteiger partial charge on any atom is 0.156 e. The first kappa shape index (κ1) is 11.3. The molecule has 0 aromatic carbocycles. The molecule has 1 aromatic heterocycles. The van der Waals surface area contributed by atoms with E-state index >= 15 is 0 Å². The van der Waals surface area contributed by atoms with E-state index in [1.165, 1.54) is 0 Å². The molecule has 1 heterocycles. The maximum absolute atomic E-state index is 4.19. The van der Waals surface area contributed by atoms with E-state index in [0.29, 0.717) is 5.82 Å². The summed E-state index contributed by atoms with van der Waals surface area (Å²) in [5.41, 5.74) is 0. The lowest BCUT2D eigenvalue weighted by Gasteiger charge is -1.95.